The van der Waals surface area contributed by atoms with Crippen molar-refractivity contribution in [2.24, 2.45) is 0 Å². The fraction of sp³-hybridized carbons (Fsp3) is 0.100. The molecule has 0 fully saturated rings. The molecule has 0 saturated heterocycles. The van der Waals surface area contributed by atoms with Gasteiger partial charge in [0.05, 0.1) is 0 Å². The summed E-state index contributed by atoms with van der Waals surface area (Å²) in [5.41, 5.74) is 1.43. The summed E-state index contributed by atoms with van der Waals surface area (Å²) in [6.07, 6.45) is 3.01. The Kier molecular flexibility index (Phi) is 2.73. The van der Waals surface area contributed by atoms with Gasteiger partial charge in [0.15, 0.2) is 0 Å². The third-order valence-electron chi connectivity index (χ3n) is 2.03. The minimum atomic E-state index is 0.396. The number of rotatable bonds is 3. The molecule has 0 aliphatic heterocycles. The van der Waals surface area contributed by atoms with Crippen molar-refractivity contribution in [2.75, 3.05) is 0 Å². The van der Waals surface area contributed by atoms with E-state index in [4.69, 9.17) is 0 Å². The van der Waals surface area contributed by atoms with Gasteiger partial charge in [-0.3, -0.25) is 0 Å². The highest BCUT2D eigenvalue weighted by Gasteiger charge is 2.08. The number of aromatic nitrogens is 3. The molecule has 15 heavy (non-hydrogen) atoms. The summed E-state index contributed by atoms with van der Waals surface area (Å²) in [4.78, 5) is 3.81. The van der Waals surface area contributed by atoms with Crippen molar-refractivity contribution in [1.29, 1.82) is 0 Å². The summed E-state index contributed by atoms with van der Waals surface area (Å²) in [5, 5.41) is 16.7. The molecule has 0 radical (unpaired) electrons. The van der Waals surface area contributed by atoms with Crippen molar-refractivity contribution in [3.63, 3.8) is 0 Å². The van der Waals surface area contributed by atoms with Crippen molar-refractivity contribution < 1.29 is 5.16 Å². The molecular formula is C10H10N4O. The Morgan fingerprint density at radius 2 is 2.13 bits per heavy atom. The van der Waals surface area contributed by atoms with Gasteiger partial charge in [0, 0.05) is 5.56 Å². The maximum absolute atomic E-state index is 10.8. The van der Waals surface area contributed by atoms with Gasteiger partial charge in [-0.15, -0.1) is 0 Å². The molecule has 2 aromatic rings. The Hall–Kier alpha value is -2.17. The standard InChI is InChI=1S/C10H10N4O/c15-13-10(6-14-8-11-7-12-14)9-4-2-1-3-5-9/h1-5,7-8,13H,6H2. The van der Waals surface area contributed by atoms with Crippen LogP contribution in [-0.2, 0) is 6.54 Å². The number of nitrogens with zero attached hydrogens (tertiary/aromatic N) is 3. The van der Waals surface area contributed by atoms with Crippen molar-refractivity contribution in [3.05, 3.63) is 53.8 Å². The van der Waals surface area contributed by atoms with Gasteiger partial charge in [-0.1, -0.05) is 18.2 Å². The summed E-state index contributed by atoms with van der Waals surface area (Å²) in [7, 11) is 0. The summed E-state index contributed by atoms with van der Waals surface area (Å²) in [6, 6.07) is 9.41. The van der Waals surface area contributed by atoms with E-state index in [1.807, 2.05) is 35.5 Å². The lowest BCUT2D eigenvalue weighted by Gasteiger charge is -2.01. The van der Waals surface area contributed by atoms with E-state index in [0.717, 1.165) is 5.56 Å². The molecule has 1 N–H and O–H groups in total. The maximum atomic E-state index is 10.8. The van der Waals surface area contributed by atoms with E-state index in [0.29, 0.717) is 12.3 Å². The molecule has 0 bridgehead atoms. The minimum Gasteiger partial charge on any atom is -0.625 e. The van der Waals surface area contributed by atoms with Crippen LogP contribution in [0.5, 0.6) is 0 Å². The van der Waals surface area contributed by atoms with Crippen LogP contribution in [-0.4, -0.2) is 20.5 Å². The highest BCUT2D eigenvalue weighted by atomic mass is 16.4. The van der Waals surface area contributed by atoms with Gasteiger partial charge in [-0.2, -0.15) is 5.10 Å². The lowest BCUT2D eigenvalue weighted by molar-refractivity contribution is -0.374. The van der Waals surface area contributed by atoms with Gasteiger partial charge >= 0.3 is 0 Å². The Bertz CT molecular complexity index is 436. The Morgan fingerprint density at radius 1 is 1.33 bits per heavy atom. The maximum Gasteiger partial charge on any atom is 0.214 e. The van der Waals surface area contributed by atoms with Crippen molar-refractivity contribution in [3.8, 4) is 0 Å². The first kappa shape index (κ1) is 9.39. The van der Waals surface area contributed by atoms with Gasteiger partial charge in [0.1, 0.15) is 19.2 Å². The van der Waals surface area contributed by atoms with E-state index in [1.54, 1.807) is 11.0 Å². The van der Waals surface area contributed by atoms with E-state index < -0.39 is 0 Å². The van der Waals surface area contributed by atoms with E-state index >= 15 is 0 Å². The highest BCUT2D eigenvalue weighted by molar-refractivity contribution is 5.95. The first-order chi connectivity index (χ1) is 7.40. The van der Waals surface area contributed by atoms with Crippen molar-refractivity contribution >= 4 is 5.71 Å². The van der Waals surface area contributed by atoms with Gasteiger partial charge < -0.3 is 5.21 Å². The Morgan fingerprint density at radius 3 is 2.73 bits per heavy atom. The van der Waals surface area contributed by atoms with E-state index in [2.05, 4.69) is 10.1 Å². The van der Waals surface area contributed by atoms with Crippen LogP contribution in [0.4, 0.5) is 0 Å². The highest BCUT2D eigenvalue weighted by Crippen LogP contribution is 1.99. The van der Waals surface area contributed by atoms with Gasteiger partial charge in [-0.25, -0.2) is 14.8 Å². The van der Waals surface area contributed by atoms with Gasteiger partial charge in [-0.05, 0) is 12.1 Å². The number of hydrogen-bond acceptors (Lipinski definition) is 3. The number of nitrogens with one attached hydrogen (secondary N) is 1. The fourth-order valence-corrected chi connectivity index (χ4v) is 1.30. The van der Waals surface area contributed by atoms with E-state index in [-0.39, 0.29) is 0 Å². The molecule has 0 aliphatic rings. The van der Waals surface area contributed by atoms with Crippen LogP contribution in [0.25, 0.3) is 0 Å². The van der Waals surface area contributed by atoms with Crippen LogP contribution in [0.15, 0.2) is 43.0 Å². The second-order valence-corrected chi connectivity index (χ2v) is 3.04. The first-order valence-corrected chi connectivity index (χ1v) is 4.52. The third-order valence-corrected chi connectivity index (χ3v) is 2.03. The van der Waals surface area contributed by atoms with Gasteiger partial charge in [0.25, 0.3) is 0 Å². The molecular weight excluding hydrogens is 192 g/mol. The van der Waals surface area contributed by atoms with Crippen molar-refractivity contribution in [2.45, 2.75) is 6.54 Å². The summed E-state index contributed by atoms with van der Waals surface area (Å²) in [5.74, 6) is 0. The molecule has 2 rings (SSSR count). The first-order valence-electron chi connectivity index (χ1n) is 4.52. The minimum absolute atomic E-state index is 0.396. The lowest BCUT2D eigenvalue weighted by atomic mass is 10.1. The lowest BCUT2D eigenvalue weighted by Crippen LogP contribution is -2.66. The quantitative estimate of drug-likeness (QED) is 0.408. The molecule has 76 valence electrons. The van der Waals surface area contributed by atoms with E-state index in [9.17, 15) is 5.21 Å². The summed E-state index contributed by atoms with van der Waals surface area (Å²) >= 11 is 0. The van der Waals surface area contributed by atoms with Crippen LogP contribution < -0.4 is 5.16 Å². The summed E-state index contributed by atoms with van der Waals surface area (Å²) in [6.45, 7) is 0.396. The van der Waals surface area contributed by atoms with Crippen LogP contribution >= 0.6 is 0 Å². The Balaban J connectivity index is 2.20. The second kappa shape index (κ2) is 4.36. The predicted molar refractivity (Wildman–Crippen MR) is 54.9 cm³/mol. The number of hydrogen-bond donors (Lipinski definition) is 1. The predicted octanol–water partition coefficient (Wildman–Crippen LogP) is -0.654. The molecule has 0 saturated carbocycles. The smallest absolute Gasteiger partial charge is 0.214 e. The number of benzene rings is 1. The molecule has 5 nitrogen and oxygen atoms in total. The van der Waals surface area contributed by atoms with Crippen LogP contribution in [0.1, 0.15) is 5.56 Å². The van der Waals surface area contributed by atoms with Crippen molar-refractivity contribution in [1.82, 2.24) is 14.8 Å². The normalized spacial score (nSPS) is 11.6. The average Bonchev–Trinajstić information content (AvgIpc) is 2.80. The molecule has 1 aromatic heterocycles. The molecule has 0 unspecified atom stereocenters. The Labute approximate surface area is 86.7 Å². The SMILES string of the molecule is [O-][NH+]=C(Cn1cncn1)c1ccccc1. The molecule has 0 aliphatic carbocycles. The zero-order valence-corrected chi connectivity index (χ0v) is 8.00. The molecule has 1 aromatic carbocycles. The third kappa shape index (κ3) is 2.19. The topological polar surface area (TPSA) is 67.7 Å². The van der Waals surface area contributed by atoms with Crippen LogP contribution in [0.3, 0.4) is 0 Å². The molecule has 5 heteroatoms. The molecule has 0 atom stereocenters. The summed E-state index contributed by atoms with van der Waals surface area (Å²) < 4.78 is 1.59. The van der Waals surface area contributed by atoms with Gasteiger partial charge in [0.2, 0.25) is 5.71 Å². The molecule has 0 spiro atoms. The zero-order chi connectivity index (χ0) is 10.5. The van der Waals surface area contributed by atoms with E-state index in [1.165, 1.54) is 6.33 Å². The second-order valence-electron chi connectivity index (χ2n) is 3.04. The monoisotopic (exact) mass is 202 g/mol. The molecule has 0 amide bonds. The van der Waals surface area contributed by atoms with Crippen LogP contribution in [0, 0.1) is 5.21 Å². The largest absolute Gasteiger partial charge is 0.625 e. The van der Waals surface area contributed by atoms with Crippen LogP contribution in [0.2, 0.25) is 0 Å². The molecule has 1 heterocycles. The average molecular weight is 202 g/mol. The fourth-order valence-electron chi connectivity index (χ4n) is 1.30. The zero-order valence-electron chi connectivity index (χ0n) is 8.00.